The SMILES string of the molecule is CCN1CCC(Nc2ccccc2S(C)(=O)=O)CC1. The number of para-hydroxylation sites is 1. The number of benzene rings is 1. The monoisotopic (exact) mass is 282 g/mol. The molecular formula is C14H22N2O2S. The van der Waals surface area contributed by atoms with E-state index in [4.69, 9.17) is 0 Å². The van der Waals surface area contributed by atoms with Crippen LogP contribution in [0.3, 0.4) is 0 Å². The smallest absolute Gasteiger partial charge is 0.177 e. The van der Waals surface area contributed by atoms with Gasteiger partial charge in [0.2, 0.25) is 0 Å². The molecule has 2 rings (SSSR count). The molecular weight excluding hydrogens is 260 g/mol. The third-order valence-corrected chi connectivity index (χ3v) is 4.84. The van der Waals surface area contributed by atoms with Crippen LogP contribution in [0.4, 0.5) is 5.69 Å². The Balaban J connectivity index is 2.08. The van der Waals surface area contributed by atoms with Crippen LogP contribution in [0.1, 0.15) is 19.8 Å². The average molecular weight is 282 g/mol. The molecule has 1 N–H and O–H groups in total. The molecule has 0 amide bonds. The van der Waals surface area contributed by atoms with Crippen LogP contribution >= 0.6 is 0 Å². The first kappa shape index (κ1) is 14.3. The maximum Gasteiger partial charge on any atom is 0.177 e. The van der Waals surface area contributed by atoms with E-state index in [1.807, 2.05) is 12.1 Å². The van der Waals surface area contributed by atoms with Gasteiger partial charge < -0.3 is 10.2 Å². The number of sulfone groups is 1. The lowest BCUT2D eigenvalue weighted by molar-refractivity contribution is 0.229. The largest absolute Gasteiger partial charge is 0.381 e. The molecule has 0 aliphatic carbocycles. The number of anilines is 1. The Labute approximate surface area is 115 Å². The second kappa shape index (κ2) is 5.92. The van der Waals surface area contributed by atoms with Gasteiger partial charge >= 0.3 is 0 Å². The highest BCUT2D eigenvalue weighted by Crippen LogP contribution is 2.23. The van der Waals surface area contributed by atoms with Gasteiger partial charge in [-0.2, -0.15) is 0 Å². The zero-order valence-electron chi connectivity index (χ0n) is 11.6. The van der Waals surface area contributed by atoms with Gasteiger partial charge in [0.05, 0.1) is 10.6 Å². The van der Waals surface area contributed by atoms with Crippen molar-refractivity contribution in [1.82, 2.24) is 4.90 Å². The molecule has 1 aliphatic rings. The summed E-state index contributed by atoms with van der Waals surface area (Å²) in [4.78, 5) is 2.81. The van der Waals surface area contributed by atoms with Crippen LogP contribution in [0.2, 0.25) is 0 Å². The molecule has 0 aromatic heterocycles. The van der Waals surface area contributed by atoms with E-state index in [9.17, 15) is 8.42 Å². The summed E-state index contributed by atoms with van der Waals surface area (Å²) in [5.74, 6) is 0. The first-order valence-electron chi connectivity index (χ1n) is 6.78. The van der Waals surface area contributed by atoms with E-state index in [1.165, 1.54) is 6.26 Å². The third kappa shape index (κ3) is 3.70. The molecule has 0 unspecified atom stereocenters. The minimum atomic E-state index is -3.17. The van der Waals surface area contributed by atoms with E-state index >= 15 is 0 Å². The van der Waals surface area contributed by atoms with Crippen molar-refractivity contribution >= 4 is 15.5 Å². The summed E-state index contributed by atoms with van der Waals surface area (Å²) in [5, 5.41) is 3.39. The van der Waals surface area contributed by atoms with Gasteiger partial charge in [0, 0.05) is 25.4 Å². The lowest BCUT2D eigenvalue weighted by atomic mass is 10.0. The summed E-state index contributed by atoms with van der Waals surface area (Å²) in [6.07, 6.45) is 3.38. The predicted molar refractivity (Wildman–Crippen MR) is 78.3 cm³/mol. The highest BCUT2D eigenvalue weighted by atomic mass is 32.2. The Kier molecular flexibility index (Phi) is 4.47. The summed E-state index contributed by atoms with van der Waals surface area (Å²) >= 11 is 0. The minimum absolute atomic E-state index is 0.366. The van der Waals surface area contributed by atoms with Gasteiger partial charge in [0.25, 0.3) is 0 Å². The molecule has 0 bridgehead atoms. The average Bonchev–Trinajstić information content (AvgIpc) is 2.39. The van der Waals surface area contributed by atoms with Crippen LogP contribution in [-0.2, 0) is 9.84 Å². The molecule has 5 heteroatoms. The van der Waals surface area contributed by atoms with Crippen molar-refractivity contribution in [2.45, 2.75) is 30.7 Å². The lowest BCUT2D eigenvalue weighted by Gasteiger charge is -2.32. The molecule has 1 saturated heterocycles. The standard InChI is InChI=1S/C14H22N2O2S/c1-3-16-10-8-12(9-11-16)15-13-6-4-5-7-14(13)19(2,17)18/h4-7,12,15H,3,8-11H2,1-2H3. The summed E-state index contributed by atoms with van der Waals surface area (Å²) < 4.78 is 23.5. The number of hydrogen-bond acceptors (Lipinski definition) is 4. The maximum absolute atomic E-state index is 11.7. The van der Waals surface area contributed by atoms with Gasteiger partial charge in [-0.05, 0) is 31.5 Å². The molecule has 0 saturated carbocycles. The number of hydrogen-bond donors (Lipinski definition) is 1. The van der Waals surface area contributed by atoms with Crippen molar-refractivity contribution < 1.29 is 8.42 Å². The van der Waals surface area contributed by atoms with E-state index in [0.717, 1.165) is 38.2 Å². The Morgan fingerprint density at radius 1 is 1.26 bits per heavy atom. The fourth-order valence-corrected chi connectivity index (χ4v) is 3.37. The van der Waals surface area contributed by atoms with Crippen molar-refractivity contribution in [3.05, 3.63) is 24.3 Å². The van der Waals surface area contributed by atoms with Gasteiger partial charge in [-0.15, -0.1) is 0 Å². The molecule has 0 radical (unpaired) electrons. The van der Waals surface area contributed by atoms with Crippen molar-refractivity contribution in [3.8, 4) is 0 Å². The first-order chi connectivity index (χ1) is 9.00. The molecule has 19 heavy (non-hydrogen) atoms. The molecule has 1 aromatic carbocycles. The normalized spacial score (nSPS) is 18.4. The topological polar surface area (TPSA) is 49.4 Å². The maximum atomic E-state index is 11.7. The first-order valence-corrected chi connectivity index (χ1v) is 8.68. The van der Waals surface area contributed by atoms with E-state index < -0.39 is 9.84 Å². The predicted octanol–water partition coefficient (Wildman–Crippen LogP) is 1.99. The van der Waals surface area contributed by atoms with Gasteiger partial charge in [-0.25, -0.2) is 8.42 Å². The molecule has 1 heterocycles. The van der Waals surface area contributed by atoms with Crippen LogP contribution in [0.5, 0.6) is 0 Å². The molecule has 1 aromatic rings. The Hall–Kier alpha value is -1.07. The van der Waals surface area contributed by atoms with E-state index in [0.29, 0.717) is 10.9 Å². The zero-order valence-corrected chi connectivity index (χ0v) is 12.4. The Bertz CT molecular complexity index is 520. The van der Waals surface area contributed by atoms with Crippen molar-refractivity contribution in [1.29, 1.82) is 0 Å². The highest BCUT2D eigenvalue weighted by Gasteiger charge is 2.20. The Morgan fingerprint density at radius 3 is 2.47 bits per heavy atom. The van der Waals surface area contributed by atoms with Gasteiger partial charge in [0.15, 0.2) is 9.84 Å². The second-order valence-electron chi connectivity index (χ2n) is 5.12. The fourth-order valence-electron chi connectivity index (χ4n) is 2.52. The molecule has 106 valence electrons. The fraction of sp³-hybridized carbons (Fsp3) is 0.571. The third-order valence-electron chi connectivity index (χ3n) is 3.68. The highest BCUT2D eigenvalue weighted by molar-refractivity contribution is 7.90. The quantitative estimate of drug-likeness (QED) is 0.917. The van der Waals surface area contributed by atoms with Crippen molar-refractivity contribution in [2.24, 2.45) is 0 Å². The number of rotatable bonds is 4. The summed E-state index contributed by atoms with van der Waals surface area (Å²) in [7, 11) is -3.17. The van der Waals surface area contributed by atoms with E-state index in [-0.39, 0.29) is 0 Å². The molecule has 1 aliphatic heterocycles. The van der Waals surface area contributed by atoms with Crippen LogP contribution in [-0.4, -0.2) is 45.2 Å². The van der Waals surface area contributed by atoms with E-state index in [1.54, 1.807) is 12.1 Å². The van der Waals surface area contributed by atoms with Crippen LogP contribution < -0.4 is 5.32 Å². The summed E-state index contributed by atoms with van der Waals surface area (Å²) in [5.41, 5.74) is 0.736. The van der Waals surface area contributed by atoms with Crippen LogP contribution in [0, 0.1) is 0 Å². The van der Waals surface area contributed by atoms with Crippen molar-refractivity contribution in [3.63, 3.8) is 0 Å². The lowest BCUT2D eigenvalue weighted by Crippen LogP contribution is -2.39. The van der Waals surface area contributed by atoms with Crippen molar-refractivity contribution in [2.75, 3.05) is 31.2 Å². The zero-order chi connectivity index (χ0) is 13.9. The molecule has 1 fully saturated rings. The number of piperidine rings is 1. The molecule has 0 spiro atoms. The summed E-state index contributed by atoms with van der Waals surface area (Å²) in [6.45, 7) is 5.42. The minimum Gasteiger partial charge on any atom is -0.381 e. The van der Waals surface area contributed by atoms with Gasteiger partial charge in [-0.3, -0.25) is 0 Å². The molecule has 4 nitrogen and oxygen atoms in total. The molecule has 0 atom stereocenters. The van der Waals surface area contributed by atoms with E-state index in [2.05, 4.69) is 17.1 Å². The van der Waals surface area contributed by atoms with Gasteiger partial charge in [-0.1, -0.05) is 19.1 Å². The summed E-state index contributed by atoms with van der Waals surface area (Å²) in [6, 6.07) is 7.52. The number of nitrogens with zero attached hydrogens (tertiary/aromatic N) is 1. The number of likely N-dealkylation sites (tertiary alicyclic amines) is 1. The van der Waals surface area contributed by atoms with Crippen LogP contribution in [0.25, 0.3) is 0 Å². The Morgan fingerprint density at radius 2 is 1.89 bits per heavy atom. The van der Waals surface area contributed by atoms with Gasteiger partial charge in [0.1, 0.15) is 0 Å². The number of nitrogens with one attached hydrogen (secondary N) is 1. The van der Waals surface area contributed by atoms with Crippen LogP contribution in [0.15, 0.2) is 29.2 Å². The second-order valence-corrected chi connectivity index (χ2v) is 7.11.